The number of nitriles is 1. The molecule has 2 rings (SSSR count). The van der Waals surface area contributed by atoms with Gasteiger partial charge in [0, 0.05) is 6.54 Å². The molecule has 0 saturated carbocycles. The highest BCUT2D eigenvalue weighted by atomic mass is 16.4. The van der Waals surface area contributed by atoms with Gasteiger partial charge in [-0.15, -0.1) is 0 Å². The first-order valence-corrected chi connectivity index (χ1v) is 5.96. The molecule has 5 heteroatoms. The molecule has 0 unspecified atom stereocenters. The van der Waals surface area contributed by atoms with E-state index < -0.39 is 5.97 Å². The second-order valence-corrected chi connectivity index (χ2v) is 4.24. The highest BCUT2D eigenvalue weighted by molar-refractivity contribution is 5.97. The monoisotopic (exact) mass is 267 g/mol. The van der Waals surface area contributed by atoms with E-state index in [1.807, 2.05) is 6.07 Å². The van der Waals surface area contributed by atoms with Crippen molar-refractivity contribution in [1.29, 1.82) is 5.26 Å². The highest BCUT2D eigenvalue weighted by Gasteiger charge is 2.12. The molecule has 0 spiro atoms. The van der Waals surface area contributed by atoms with Crippen molar-refractivity contribution in [2.75, 3.05) is 11.1 Å². The fraction of sp³-hybridized carbons (Fsp3) is 0.0667. The molecule has 0 amide bonds. The van der Waals surface area contributed by atoms with Crippen molar-refractivity contribution in [3.63, 3.8) is 0 Å². The molecule has 0 aliphatic heterocycles. The summed E-state index contributed by atoms with van der Waals surface area (Å²) in [6.45, 7) is 0.393. The van der Waals surface area contributed by atoms with Crippen LogP contribution in [0.2, 0.25) is 0 Å². The molecule has 0 aliphatic rings. The number of aromatic carboxylic acids is 1. The number of hydrogen-bond acceptors (Lipinski definition) is 4. The molecule has 2 aromatic carbocycles. The average molecular weight is 267 g/mol. The summed E-state index contributed by atoms with van der Waals surface area (Å²) in [4.78, 5) is 11.1. The first-order valence-electron chi connectivity index (χ1n) is 5.96. The van der Waals surface area contributed by atoms with Crippen molar-refractivity contribution in [1.82, 2.24) is 0 Å². The van der Waals surface area contributed by atoms with Gasteiger partial charge in [0.2, 0.25) is 0 Å². The molecule has 0 atom stereocenters. The summed E-state index contributed by atoms with van der Waals surface area (Å²) in [7, 11) is 0. The summed E-state index contributed by atoms with van der Waals surface area (Å²) in [5.41, 5.74) is 8.13. The molecule has 0 heterocycles. The van der Waals surface area contributed by atoms with Gasteiger partial charge in [0.05, 0.1) is 28.6 Å². The molecule has 0 fully saturated rings. The quantitative estimate of drug-likeness (QED) is 0.739. The van der Waals surface area contributed by atoms with E-state index in [4.69, 9.17) is 16.1 Å². The number of benzene rings is 2. The zero-order chi connectivity index (χ0) is 14.5. The van der Waals surface area contributed by atoms with Gasteiger partial charge in [-0.1, -0.05) is 18.2 Å². The molecular weight excluding hydrogens is 254 g/mol. The zero-order valence-corrected chi connectivity index (χ0v) is 10.6. The molecule has 0 saturated heterocycles. The Labute approximate surface area is 116 Å². The van der Waals surface area contributed by atoms with Crippen molar-refractivity contribution in [2.24, 2.45) is 0 Å². The number of nitrogens with two attached hydrogens (primary N) is 1. The third-order valence-electron chi connectivity index (χ3n) is 2.85. The summed E-state index contributed by atoms with van der Waals surface area (Å²) in [5, 5.41) is 21.0. The molecule has 5 nitrogen and oxygen atoms in total. The van der Waals surface area contributed by atoms with Gasteiger partial charge in [0.25, 0.3) is 0 Å². The summed E-state index contributed by atoms with van der Waals surface area (Å²) >= 11 is 0. The van der Waals surface area contributed by atoms with Crippen LogP contribution in [0, 0.1) is 11.3 Å². The normalized spacial score (nSPS) is 9.75. The number of nitrogens with one attached hydrogen (secondary N) is 1. The van der Waals surface area contributed by atoms with Crippen LogP contribution in [0.15, 0.2) is 42.5 Å². The predicted molar refractivity (Wildman–Crippen MR) is 76.3 cm³/mol. The van der Waals surface area contributed by atoms with Crippen LogP contribution in [-0.4, -0.2) is 11.1 Å². The number of carboxylic acids is 1. The van der Waals surface area contributed by atoms with Gasteiger partial charge in [-0.05, 0) is 29.8 Å². The smallest absolute Gasteiger partial charge is 0.337 e. The lowest BCUT2D eigenvalue weighted by molar-refractivity contribution is 0.0698. The van der Waals surface area contributed by atoms with Crippen LogP contribution in [0.5, 0.6) is 0 Å². The van der Waals surface area contributed by atoms with Crippen molar-refractivity contribution < 1.29 is 9.90 Å². The number of anilines is 2. The second-order valence-electron chi connectivity index (χ2n) is 4.24. The topological polar surface area (TPSA) is 99.1 Å². The van der Waals surface area contributed by atoms with E-state index in [2.05, 4.69) is 11.4 Å². The SMILES string of the molecule is N#Cc1cccc(CNc2c(N)cccc2C(=O)O)c1. The van der Waals surface area contributed by atoms with Crippen molar-refractivity contribution >= 4 is 17.3 Å². The maximum atomic E-state index is 11.1. The van der Waals surface area contributed by atoms with Gasteiger partial charge in [0.1, 0.15) is 0 Å². The van der Waals surface area contributed by atoms with Crippen LogP contribution < -0.4 is 11.1 Å². The van der Waals surface area contributed by atoms with E-state index >= 15 is 0 Å². The van der Waals surface area contributed by atoms with Crippen molar-refractivity contribution in [2.45, 2.75) is 6.54 Å². The minimum atomic E-state index is -1.04. The predicted octanol–water partition coefficient (Wildman–Crippen LogP) is 2.45. The molecule has 4 N–H and O–H groups in total. The van der Waals surface area contributed by atoms with Crippen LogP contribution in [0.4, 0.5) is 11.4 Å². The van der Waals surface area contributed by atoms with E-state index in [1.165, 1.54) is 6.07 Å². The lowest BCUT2D eigenvalue weighted by Gasteiger charge is -2.12. The molecule has 0 radical (unpaired) electrons. The lowest BCUT2D eigenvalue weighted by atomic mass is 10.1. The minimum absolute atomic E-state index is 0.126. The molecule has 100 valence electrons. The number of hydrogen-bond donors (Lipinski definition) is 3. The number of carboxylic acid groups (broad SMARTS) is 1. The Kier molecular flexibility index (Phi) is 3.87. The molecule has 20 heavy (non-hydrogen) atoms. The van der Waals surface area contributed by atoms with E-state index in [0.717, 1.165) is 5.56 Å². The first kappa shape index (κ1) is 13.4. The van der Waals surface area contributed by atoms with E-state index in [-0.39, 0.29) is 5.56 Å². The Bertz CT molecular complexity index is 690. The number of rotatable bonds is 4. The van der Waals surface area contributed by atoms with Crippen LogP contribution in [0.1, 0.15) is 21.5 Å². The molecule has 0 aromatic heterocycles. The number of carbonyl (C=O) groups is 1. The van der Waals surface area contributed by atoms with Crippen LogP contribution >= 0.6 is 0 Å². The highest BCUT2D eigenvalue weighted by Crippen LogP contribution is 2.24. The number of nitrogens with zero attached hydrogens (tertiary/aromatic N) is 1. The molecule has 0 bridgehead atoms. The van der Waals surface area contributed by atoms with Gasteiger partial charge < -0.3 is 16.2 Å². The average Bonchev–Trinajstić information content (AvgIpc) is 2.45. The van der Waals surface area contributed by atoms with Gasteiger partial charge in [-0.25, -0.2) is 4.79 Å². The Morgan fingerprint density at radius 3 is 2.75 bits per heavy atom. The third-order valence-corrected chi connectivity index (χ3v) is 2.85. The van der Waals surface area contributed by atoms with E-state index in [9.17, 15) is 4.79 Å². The molecular formula is C15H13N3O2. The summed E-state index contributed by atoms with van der Waals surface area (Å²) < 4.78 is 0. The third kappa shape index (κ3) is 2.87. The summed E-state index contributed by atoms with van der Waals surface area (Å²) in [5.74, 6) is -1.04. The number of para-hydroxylation sites is 1. The maximum absolute atomic E-state index is 11.1. The standard InChI is InChI=1S/C15H13N3O2/c16-8-10-3-1-4-11(7-10)9-18-14-12(15(19)20)5-2-6-13(14)17/h1-7,18H,9,17H2,(H,19,20). The van der Waals surface area contributed by atoms with Gasteiger partial charge in [-0.2, -0.15) is 5.26 Å². The Morgan fingerprint density at radius 1 is 1.30 bits per heavy atom. The Balaban J connectivity index is 2.23. The molecule has 2 aromatic rings. The zero-order valence-electron chi connectivity index (χ0n) is 10.6. The minimum Gasteiger partial charge on any atom is -0.478 e. The van der Waals surface area contributed by atoms with Crippen molar-refractivity contribution in [3.05, 3.63) is 59.2 Å². The fourth-order valence-corrected chi connectivity index (χ4v) is 1.89. The van der Waals surface area contributed by atoms with Gasteiger partial charge in [-0.3, -0.25) is 0 Å². The van der Waals surface area contributed by atoms with Crippen LogP contribution in [0.3, 0.4) is 0 Å². The first-order chi connectivity index (χ1) is 9.61. The fourth-order valence-electron chi connectivity index (χ4n) is 1.89. The maximum Gasteiger partial charge on any atom is 0.337 e. The summed E-state index contributed by atoms with van der Waals surface area (Å²) in [6, 6.07) is 13.9. The van der Waals surface area contributed by atoms with Crippen LogP contribution in [0.25, 0.3) is 0 Å². The summed E-state index contributed by atoms with van der Waals surface area (Å²) in [6.07, 6.45) is 0. The van der Waals surface area contributed by atoms with E-state index in [1.54, 1.807) is 30.3 Å². The largest absolute Gasteiger partial charge is 0.478 e. The van der Waals surface area contributed by atoms with Crippen molar-refractivity contribution in [3.8, 4) is 6.07 Å². The van der Waals surface area contributed by atoms with Gasteiger partial charge >= 0.3 is 5.97 Å². The van der Waals surface area contributed by atoms with Crippen LogP contribution in [-0.2, 0) is 6.54 Å². The van der Waals surface area contributed by atoms with Gasteiger partial charge in [0.15, 0.2) is 0 Å². The number of nitrogen functional groups attached to an aromatic ring is 1. The lowest BCUT2D eigenvalue weighted by Crippen LogP contribution is -2.09. The second kappa shape index (κ2) is 5.76. The Morgan fingerprint density at radius 2 is 2.05 bits per heavy atom. The Hall–Kier alpha value is -3.00. The molecule has 0 aliphatic carbocycles. The van der Waals surface area contributed by atoms with E-state index in [0.29, 0.717) is 23.5 Å².